The van der Waals surface area contributed by atoms with Crippen molar-refractivity contribution in [1.82, 2.24) is 0 Å². The van der Waals surface area contributed by atoms with E-state index in [1.807, 2.05) is 0 Å². The summed E-state index contributed by atoms with van der Waals surface area (Å²) in [5.74, 6) is 2.83. The lowest BCUT2D eigenvalue weighted by Crippen LogP contribution is -2.19. The standard InChI is InChI=1S/C16H34/c1-6-9-10-13-14(4)15(5)16(11-7-2)12-8-3/h14-16H,6-13H2,1-5H3. The summed E-state index contributed by atoms with van der Waals surface area (Å²) in [5.41, 5.74) is 0. The minimum atomic E-state index is 0.926. The molecule has 2 atom stereocenters. The smallest absolute Gasteiger partial charge is 0.0386 e. The van der Waals surface area contributed by atoms with Crippen LogP contribution < -0.4 is 0 Å². The molecule has 0 saturated heterocycles. The zero-order valence-corrected chi connectivity index (χ0v) is 12.4. The van der Waals surface area contributed by atoms with Crippen molar-refractivity contribution in [3.05, 3.63) is 0 Å². The van der Waals surface area contributed by atoms with Gasteiger partial charge in [0, 0.05) is 0 Å². The molecular weight excluding hydrogens is 192 g/mol. The monoisotopic (exact) mass is 226 g/mol. The Morgan fingerprint density at radius 3 is 1.69 bits per heavy atom. The lowest BCUT2D eigenvalue weighted by molar-refractivity contribution is 0.219. The van der Waals surface area contributed by atoms with Crippen LogP contribution in [-0.4, -0.2) is 0 Å². The maximum Gasteiger partial charge on any atom is -0.0386 e. The third-order valence-corrected chi connectivity index (χ3v) is 4.22. The molecule has 0 heteroatoms. The highest BCUT2D eigenvalue weighted by atomic mass is 14.3. The van der Waals surface area contributed by atoms with Crippen molar-refractivity contribution in [3.8, 4) is 0 Å². The van der Waals surface area contributed by atoms with Gasteiger partial charge in [0.15, 0.2) is 0 Å². The molecular formula is C16H34. The summed E-state index contributed by atoms with van der Waals surface area (Å²) in [6.07, 6.45) is 11.2. The van der Waals surface area contributed by atoms with E-state index in [0.29, 0.717) is 0 Å². The quantitative estimate of drug-likeness (QED) is 0.397. The van der Waals surface area contributed by atoms with E-state index in [1.165, 1.54) is 51.4 Å². The lowest BCUT2D eigenvalue weighted by atomic mass is 9.77. The normalized spacial score (nSPS) is 15.4. The molecule has 2 unspecified atom stereocenters. The Balaban J connectivity index is 3.97. The van der Waals surface area contributed by atoms with E-state index in [0.717, 1.165) is 17.8 Å². The molecule has 0 aromatic carbocycles. The zero-order valence-electron chi connectivity index (χ0n) is 12.4. The Kier molecular flexibility index (Phi) is 10.2. The first kappa shape index (κ1) is 16.0. The maximum absolute atomic E-state index is 2.49. The first-order chi connectivity index (χ1) is 7.67. The summed E-state index contributed by atoms with van der Waals surface area (Å²) in [5, 5.41) is 0. The van der Waals surface area contributed by atoms with Gasteiger partial charge in [0.1, 0.15) is 0 Å². The molecule has 0 radical (unpaired) electrons. The third-order valence-electron chi connectivity index (χ3n) is 4.22. The van der Waals surface area contributed by atoms with Crippen molar-refractivity contribution < 1.29 is 0 Å². The Labute approximate surface area is 104 Å². The fraction of sp³-hybridized carbons (Fsp3) is 1.00. The van der Waals surface area contributed by atoms with E-state index in [2.05, 4.69) is 34.6 Å². The van der Waals surface area contributed by atoms with Gasteiger partial charge in [0.2, 0.25) is 0 Å². The third kappa shape index (κ3) is 6.55. The molecule has 16 heavy (non-hydrogen) atoms. The molecule has 0 bridgehead atoms. The van der Waals surface area contributed by atoms with Crippen molar-refractivity contribution in [2.45, 2.75) is 86.0 Å². The van der Waals surface area contributed by atoms with Crippen LogP contribution >= 0.6 is 0 Å². The second kappa shape index (κ2) is 10.2. The van der Waals surface area contributed by atoms with E-state index in [4.69, 9.17) is 0 Å². The molecule has 0 rings (SSSR count). The highest BCUT2D eigenvalue weighted by Crippen LogP contribution is 2.31. The van der Waals surface area contributed by atoms with Crippen LogP contribution in [0.3, 0.4) is 0 Å². The summed E-state index contributed by atoms with van der Waals surface area (Å²) in [7, 11) is 0. The van der Waals surface area contributed by atoms with Crippen LogP contribution in [-0.2, 0) is 0 Å². The molecule has 0 aromatic rings. The van der Waals surface area contributed by atoms with Crippen molar-refractivity contribution >= 4 is 0 Å². The van der Waals surface area contributed by atoms with Crippen LogP contribution in [0, 0.1) is 17.8 Å². The number of rotatable bonds is 10. The molecule has 0 nitrogen and oxygen atoms in total. The van der Waals surface area contributed by atoms with E-state index in [1.54, 1.807) is 0 Å². The van der Waals surface area contributed by atoms with Crippen molar-refractivity contribution in [1.29, 1.82) is 0 Å². The van der Waals surface area contributed by atoms with E-state index >= 15 is 0 Å². The molecule has 0 spiro atoms. The second-order valence-corrected chi connectivity index (χ2v) is 5.67. The first-order valence-corrected chi connectivity index (χ1v) is 7.67. The van der Waals surface area contributed by atoms with Crippen LogP contribution in [0.2, 0.25) is 0 Å². The molecule has 0 fully saturated rings. The van der Waals surface area contributed by atoms with Gasteiger partial charge >= 0.3 is 0 Å². The van der Waals surface area contributed by atoms with Gasteiger partial charge in [-0.15, -0.1) is 0 Å². The maximum atomic E-state index is 2.49. The molecule has 0 amide bonds. The van der Waals surface area contributed by atoms with Crippen LogP contribution in [0.25, 0.3) is 0 Å². The van der Waals surface area contributed by atoms with E-state index < -0.39 is 0 Å². The largest absolute Gasteiger partial charge is 0.0654 e. The number of hydrogen-bond donors (Lipinski definition) is 0. The Morgan fingerprint density at radius 1 is 0.688 bits per heavy atom. The molecule has 0 saturated carbocycles. The first-order valence-electron chi connectivity index (χ1n) is 7.67. The Hall–Kier alpha value is 0. The van der Waals surface area contributed by atoms with Crippen LogP contribution in [0.15, 0.2) is 0 Å². The molecule has 0 heterocycles. The predicted molar refractivity (Wildman–Crippen MR) is 75.8 cm³/mol. The second-order valence-electron chi connectivity index (χ2n) is 5.67. The Morgan fingerprint density at radius 2 is 1.25 bits per heavy atom. The average Bonchev–Trinajstić information content (AvgIpc) is 2.28. The fourth-order valence-corrected chi connectivity index (χ4v) is 2.86. The SMILES string of the molecule is CCCCCC(C)C(C)C(CCC)CCC. The van der Waals surface area contributed by atoms with E-state index in [-0.39, 0.29) is 0 Å². The average molecular weight is 226 g/mol. The van der Waals surface area contributed by atoms with Gasteiger partial charge in [-0.2, -0.15) is 0 Å². The number of unbranched alkanes of at least 4 members (excludes halogenated alkanes) is 2. The van der Waals surface area contributed by atoms with Gasteiger partial charge < -0.3 is 0 Å². The minimum Gasteiger partial charge on any atom is -0.0654 e. The van der Waals surface area contributed by atoms with Crippen molar-refractivity contribution in [2.75, 3.05) is 0 Å². The minimum absolute atomic E-state index is 0.926. The predicted octanol–water partition coefficient (Wildman–Crippen LogP) is 6.06. The Bertz CT molecular complexity index is 133. The summed E-state index contributed by atoms with van der Waals surface area (Å²) < 4.78 is 0. The van der Waals surface area contributed by atoms with Crippen molar-refractivity contribution in [2.24, 2.45) is 17.8 Å². The lowest BCUT2D eigenvalue weighted by Gasteiger charge is -2.28. The van der Waals surface area contributed by atoms with Gasteiger partial charge in [-0.1, -0.05) is 86.0 Å². The van der Waals surface area contributed by atoms with Gasteiger partial charge in [-0.25, -0.2) is 0 Å². The molecule has 0 aliphatic rings. The topological polar surface area (TPSA) is 0 Å². The zero-order chi connectivity index (χ0) is 12.4. The van der Waals surface area contributed by atoms with Crippen LogP contribution in [0.4, 0.5) is 0 Å². The van der Waals surface area contributed by atoms with E-state index in [9.17, 15) is 0 Å². The van der Waals surface area contributed by atoms with Crippen LogP contribution in [0.5, 0.6) is 0 Å². The summed E-state index contributed by atoms with van der Waals surface area (Å²) >= 11 is 0. The molecule has 0 aliphatic heterocycles. The summed E-state index contributed by atoms with van der Waals surface area (Å²) in [6, 6.07) is 0. The molecule has 98 valence electrons. The van der Waals surface area contributed by atoms with Gasteiger partial charge in [-0.3, -0.25) is 0 Å². The highest BCUT2D eigenvalue weighted by molar-refractivity contribution is 4.71. The molecule has 0 aromatic heterocycles. The van der Waals surface area contributed by atoms with Gasteiger partial charge in [-0.05, 0) is 17.8 Å². The highest BCUT2D eigenvalue weighted by Gasteiger charge is 2.20. The van der Waals surface area contributed by atoms with Gasteiger partial charge in [0.05, 0.1) is 0 Å². The van der Waals surface area contributed by atoms with Crippen LogP contribution in [0.1, 0.15) is 86.0 Å². The molecule has 0 N–H and O–H groups in total. The van der Waals surface area contributed by atoms with Crippen molar-refractivity contribution in [3.63, 3.8) is 0 Å². The summed E-state index contributed by atoms with van der Waals surface area (Å²) in [6.45, 7) is 11.9. The summed E-state index contributed by atoms with van der Waals surface area (Å²) in [4.78, 5) is 0. The molecule has 0 aliphatic carbocycles. The number of hydrogen-bond acceptors (Lipinski definition) is 0. The fourth-order valence-electron chi connectivity index (χ4n) is 2.86. The van der Waals surface area contributed by atoms with Gasteiger partial charge in [0.25, 0.3) is 0 Å².